The van der Waals surface area contributed by atoms with Gasteiger partial charge in [0.25, 0.3) is 5.91 Å². The van der Waals surface area contributed by atoms with Gasteiger partial charge in [-0.05, 0) is 63.6 Å². The van der Waals surface area contributed by atoms with Crippen molar-refractivity contribution in [2.24, 2.45) is 0 Å². The van der Waals surface area contributed by atoms with Gasteiger partial charge in [0, 0.05) is 34.1 Å². The number of fused-ring (bicyclic) bond motifs is 1. The second kappa shape index (κ2) is 11.9. The van der Waals surface area contributed by atoms with E-state index in [-0.39, 0.29) is 24.8 Å². The van der Waals surface area contributed by atoms with Crippen LogP contribution in [-0.4, -0.2) is 41.1 Å². The zero-order chi connectivity index (χ0) is 28.2. The maximum Gasteiger partial charge on any atom is 0.307 e. The molecule has 1 unspecified atom stereocenters. The first kappa shape index (κ1) is 28.2. The molecule has 202 valence electrons. The molecule has 7 nitrogen and oxygen atoms in total. The molecule has 0 aliphatic rings. The molecule has 1 N–H and O–H groups in total. The number of carbonyl (C=O) groups is 2. The summed E-state index contributed by atoms with van der Waals surface area (Å²) in [5.41, 5.74) is 3.63. The van der Waals surface area contributed by atoms with E-state index in [1.165, 1.54) is 0 Å². The van der Waals surface area contributed by atoms with Crippen LogP contribution in [0.25, 0.3) is 22.2 Å². The third kappa shape index (κ3) is 6.81. The first-order valence-corrected chi connectivity index (χ1v) is 13.5. The number of hydrogen-bond acceptors (Lipinski definition) is 6. The maximum atomic E-state index is 13.9. The lowest BCUT2D eigenvalue weighted by atomic mass is 9.96. The lowest BCUT2D eigenvalue weighted by Gasteiger charge is -2.23. The quantitative estimate of drug-likeness (QED) is 0.232. The van der Waals surface area contributed by atoms with Gasteiger partial charge in [-0.2, -0.15) is 0 Å². The number of carbonyl (C=O) groups excluding carboxylic acids is 2. The molecule has 0 bridgehead atoms. The fourth-order valence-corrected chi connectivity index (χ4v) is 4.90. The van der Waals surface area contributed by atoms with E-state index in [2.05, 4.69) is 26.2 Å². The predicted molar refractivity (Wildman–Crippen MR) is 156 cm³/mol. The van der Waals surface area contributed by atoms with Crippen LogP contribution in [0.1, 0.15) is 54.7 Å². The van der Waals surface area contributed by atoms with Crippen LogP contribution in [0.5, 0.6) is 5.75 Å². The monoisotopic (exact) mass is 589 g/mol. The lowest BCUT2D eigenvalue weighted by molar-refractivity contribution is -0.155. The lowest BCUT2D eigenvalue weighted by Crippen LogP contribution is -2.32. The van der Waals surface area contributed by atoms with Crippen LogP contribution < -0.4 is 10.1 Å². The molecular weight excluding hydrogens is 558 g/mol. The SMILES string of the molecule is COc1cccnc1C(CNC(=O)c1c(C)c(-c2ccccc2)nc2ccc(Br)cc12)CC(=O)OC(C)(C)C. The van der Waals surface area contributed by atoms with Crippen LogP contribution in [-0.2, 0) is 9.53 Å². The highest BCUT2D eigenvalue weighted by molar-refractivity contribution is 9.10. The van der Waals surface area contributed by atoms with E-state index in [4.69, 9.17) is 14.5 Å². The Bertz CT molecular complexity index is 1500. The highest BCUT2D eigenvalue weighted by Crippen LogP contribution is 2.32. The Hall–Kier alpha value is -3.78. The zero-order valence-electron chi connectivity index (χ0n) is 22.7. The van der Waals surface area contributed by atoms with Gasteiger partial charge >= 0.3 is 5.97 Å². The standard InChI is InChI=1S/C31H32BrN3O4/c1-19-27(23-17-22(32)13-14-24(23)35-28(19)20-10-7-6-8-11-20)30(37)34-18-21(16-26(36)39-31(2,3)4)29-25(38-5)12-9-15-33-29/h6-15,17,21H,16,18H2,1-5H3,(H,34,37). The van der Waals surface area contributed by atoms with E-state index in [0.717, 1.165) is 26.7 Å². The summed E-state index contributed by atoms with van der Waals surface area (Å²) in [6.07, 6.45) is 1.67. The fraction of sp³-hybridized carbons (Fsp3) is 0.290. The number of esters is 1. The number of hydrogen-bond donors (Lipinski definition) is 1. The van der Waals surface area contributed by atoms with Gasteiger partial charge in [-0.3, -0.25) is 14.6 Å². The molecular formula is C31H32BrN3O4. The van der Waals surface area contributed by atoms with Crippen molar-refractivity contribution in [1.29, 1.82) is 0 Å². The highest BCUT2D eigenvalue weighted by atomic mass is 79.9. The van der Waals surface area contributed by atoms with E-state index in [9.17, 15) is 9.59 Å². The number of methoxy groups -OCH3 is 1. The Morgan fingerprint density at radius 2 is 1.79 bits per heavy atom. The minimum Gasteiger partial charge on any atom is -0.495 e. The molecule has 1 atom stereocenters. The normalized spacial score (nSPS) is 12.2. The van der Waals surface area contributed by atoms with E-state index in [0.29, 0.717) is 22.5 Å². The Balaban J connectivity index is 1.71. The first-order valence-electron chi connectivity index (χ1n) is 12.7. The summed E-state index contributed by atoms with van der Waals surface area (Å²) >= 11 is 3.53. The molecule has 0 fully saturated rings. The number of nitrogens with one attached hydrogen (secondary N) is 1. The van der Waals surface area contributed by atoms with Gasteiger partial charge in [-0.15, -0.1) is 0 Å². The van der Waals surface area contributed by atoms with Crippen molar-refractivity contribution in [3.8, 4) is 17.0 Å². The molecule has 2 aromatic carbocycles. The smallest absolute Gasteiger partial charge is 0.307 e. The summed E-state index contributed by atoms with van der Waals surface area (Å²) in [6, 6.07) is 19.1. The molecule has 0 saturated heterocycles. The van der Waals surface area contributed by atoms with Crippen LogP contribution in [0.2, 0.25) is 0 Å². The van der Waals surface area contributed by atoms with Gasteiger partial charge < -0.3 is 14.8 Å². The molecule has 2 aromatic heterocycles. The predicted octanol–water partition coefficient (Wildman–Crippen LogP) is 6.62. The van der Waals surface area contributed by atoms with Gasteiger partial charge in [0.15, 0.2) is 0 Å². The molecule has 1 amide bonds. The molecule has 2 heterocycles. The number of amides is 1. The Morgan fingerprint density at radius 3 is 2.49 bits per heavy atom. The van der Waals surface area contributed by atoms with Crippen molar-refractivity contribution in [1.82, 2.24) is 15.3 Å². The third-order valence-corrected chi connectivity index (χ3v) is 6.71. The Kier molecular flexibility index (Phi) is 8.65. The number of pyridine rings is 2. The van der Waals surface area contributed by atoms with Crippen molar-refractivity contribution in [3.63, 3.8) is 0 Å². The number of benzene rings is 2. The Morgan fingerprint density at radius 1 is 1.05 bits per heavy atom. The van der Waals surface area contributed by atoms with Gasteiger partial charge in [0.05, 0.1) is 36.0 Å². The fourth-order valence-electron chi connectivity index (χ4n) is 4.54. The zero-order valence-corrected chi connectivity index (χ0v) is 24.3. The number of rotatable bonds is 8. The third-order valence-electron chi connectivity index (χ3n) is 6.21. The molecule has 0 aliphatic carbocycles. The summed E-state index contributed by atoms with van der Waals surface area (Å²) in [6.45, 7) is 7.53. The van der Waals surface area contributed by atoms with E-state index in [1.807, 2.05) is 76.2 Å². The van der Waals surface area contributed by atoms with Gasteiger partial charge in [-0.25, -0.2) is 4.98 Å². The Labute approximate surface area is 237 Å². The number of nitrogens with zero attached hydrogens (tertiary/aromatic N) is 2. The molecule has 0 aliphatic heterocycles. The van der Waals surface area contributed by atoms with Crippen LogP contribution in [0.15, 0.2) is 71.3 Å². The number of aromatic nitrogens is 2. The minimum atomic E-state index is -0.632. The van der Waals surface area contributed by atoms with E-state index >= 15 is 0 Å². The molecule has 0 radical (unpaired) electrons. The topological polar surface area (TPSA) is 90.4 Å². The average Bonchev–Trinajstić information content (AvgIpc) is 2.90. The minimum absolute atomic E-state index is 0.0296. The van der Waals surface area contributed by atoms with Crippen LogP contribution in [0.4, 0.5) is 0 Å². The molecule has 0 saturated carbocycles. The number of ether oxygens (including phenoxy) is 2. The molecule has 4 rings (SSSR count). The largest absolute Gasteiger partial charge is 0.495 e. The van der Waals surface area contributed by atoms with Crippen molar-refractivity contribution in [2.75, 3.05) is 13.7 Å². The van der Waals surface area contributed by atoms with Gasteiger partial charge in [0.1, 0.15) is 11.4 Å². The van der Waals surface area contributed by atoms with Crippen molar-refractivity contribution in [3.05, 3.63) is 88.2 Å². The summed E-state index contributed by atoms with van der Waals surface area (Å²) in [5, 5.41) is 3.80. The summed E-state index contributed by atoms with van der Waals surface area (Å²) in [5.74, 6) is -0.565. The molecule has 8 heteroatoms. The maximum absolute atomic E-state index is 13.9. The molecule has 39 heavy (non-hydrogen) atoms. The first-order chi connectivity index (χ1) is 18.6. The van der Waals surface area contributed by atoms with Crippen LogP contribution in [0, 0.1) is 6.92 Å². The van der Waals surface area contributed by atoms with E-state index in [1.54, 1.807) is 25.4 Å². The summed E-state index contributed by atoms with van der Waals surface area (Å²) < 4.78 is 11.9. The summed E-state index contributed by atoms with van der Waals surface area (Å²) in [4.78, 5) is 36.0. The van der Waals surface area contributed by atoms with Crippen LogP contribution >= 0.6 is 15.9 Å². The van der Waals surface area contributed by atoms with Gasteiger partial charge in [-0.1, -0.05) is 46.3 Å². The average molecular weight is 591 g/mol. The van der Waals surface area contributed by atoms with Gasteiger partial charge in [0.2, 0.25) is 0 Å². The second-order valence-corrected chi connectivity index (χ2v) is 11.2. The van der Waals surface area contributed by atoms with Crippen molar-refractivity contribution in [2.45, 2.75) is 45.6 Å². The highest BCUT2D eigenvalue weighted by Gasteiger charge is 2.27. The van der Waals surface area contributed by atoms with Crippen molar-refractivity contribution < 1.29 is 19.1 Å². The summed E-state index contributed by atoms with van der Waals surface area (Å²) in [7, 11) is 1.55. The number of halogens is 1. The van der Waals surface area contributed by atoms with Crippen molar-refractivity contribution >= 4 is 38.7 Å². The second-order valence-electron chi connectivity index (χ2n) is 10.3. The van der Waals surface area contributed by atoms with Crippen LogP contribution in [0.3, 0.4) is 0 Å². The molecule has 4 aromatic rings. The van der Waals surface area contributed by atoms with E-state index < -0.39 is 11.5 Å². The molecule has 0 spiro atoms.